The molecule has 84 valence electrons. The van der Waals surface area contributed by atoms with Crippen molar-refractivity contribution in [2.75, 3.05) is 13.1 Å². The summed E-state index contributed by atoms with van der Waals surface area (Å²) in [6.07, 6.45) is 3.39. The van der Waals surface area contributed by atoms with Gasteiger partial charge in [0.2, 0.25) is 0 Å². The average molecular weight is 279 g/mol. The minimum Gasteiger partial charge on any atom is -0.349 e. The topological polar surface area (TPSA) is 17.0 Å². The van der Waals surface area contributed by atoms with Crippen LogP contribution in [-0.4, -0.2) is 17.7 Å². The van der Waals surface area contributed by atoms with Crippen LogP contribution in [-0.2, 0) is 7.05 Å². The fourth-order valence-electron chi connectivity index (χ4n) is 2.54. The van der Waals surface area contributed by atoms with Gasteiger partial charge in [0.25, 0.3) is 0 Å². The summed E-state index contributed by atoms with van der Waals surface area (Å²) in [6.45, 7) is 2.27. The van der Waals surface area contributed by atoms with Gasteiger partial charge >= 0.3 is 0 Å². The van der Waals surface area contributed by atoms with Crippen molar-refractivity contribution in [2.24, 2.45) is 7.05 Å². The minimum absolute atomic E-state index is 0.693. The van der Waals surface area contributed by atoms with E-state index in [9.17, 15) is 0 Å². The summed E-state index contributed by atoms with van der Waals surface area (Å²) >= 11 is 3.59. The first-order chi connectivity index (χ1) is 7.75. The highest BCUT2D eigenvalue weighted by Crippen LogP contribution is 2.30. The molecule has 0 radical (unpaired) electrons. The largest absolute Gasteiger partial charge is 0.349 e. The van der Waals surface area contributed by atoms with Gasteiger partial charge in [-0.3, -0.25) is 0 Å². The molecule has 2 nitrogen and oxygen atoms in total. The lowest BCUT2D eigenvalue weighted by molar-refractivity contribution is 0.764. The monoisotopic (exact) mass is 278 g/mol. The number of nitrogens with zero attached hydrogens (tertiary/aromatic N) is 1. The summed E-state index contributed by atoms with van der Waals surface area (Å²) in [5.74, 6) is 0.693. The molecule has 1 atom stereocenters. The van der Waals surface area contributed by atoms with Crippen LogP contribution in [0.25, 0.3) is 10.9 Å². The van der Waals surface area contributed by atoms with Crippen LogP contribution in [0.2, 0.25) is 0 Å². The van der Waals surface area contributed by atoms with Crippen molar-refractivity contribution in [3.05, 3.63) is 34.4 Å². The van der Waals surface area contributed by atoms with E-state index in [4.69, 9.17) is 0 Å². The van der Waals surface area contributed by atoms with E-state index in [0.29, 0.717) is 5.92 Å². The number of aryl methyl sites for hydroxylation is 1. The highest BCUT2D eigenvalue weighted by atomic mass is 79.9. The molecule has 1 saturated heterocycles. The number of rotatable bonds is 1. The fourth-order valence-corrected chi connectivity index (χ4v) is 3.19. The zero-order chi connectivity index (χ0) is 11.1. The van der Waals surface area contributed by atoms with Crippen LogP contribution in [0.15, 0.2) is 28.9 Å². The summed E-state index contributed by atoms with van der Waals surface area (Å²) in [5, 5.41) is 4.73. The molecule has 2 aromatic rings. The first-order valence-electron chi connectivity index (χ1n) is 5.71. The van der Waals surface area contributed by atoms with Crippen LogP contribution in [0.3, 0.4) is 0 Å². The van der Waals surface area contributed by atoms with Crippen molar-refractivity contribution < 1.29 is 0 Å². The van der Waals surface area contributed by atoms with Gasteiger partial charge in [0.15, 0.2) is 0 Å². The third-order valence-electron chi connectivity index (χ3n) is 3.50. The Morgan fingerprint density at radius 1 is 1.44 bits per heavy atom. The Labute approximate surface area is 104 Å². The summed E-state index contributed by atoms with van der Waals surface area (Å²) in [5.41, 5.74) is 2.78. The van der Waals surface area contributed by atoms with Crippen LogP contribution in [0.5, 0.6) is 0 Å². The standard InChI is InChI=1S/C13H15BrN2/c1-16-8-12(14)11-3-2-9(6-13(11)16)10-4-5-15-7-10/h2-3,6,8,10,15H,4-5,7H2,1H3. The van der Waals surface area contributed by atoms with Gasteiger partial charge in [0.05, 0.1) is 0 Å². The lowest BCUT2D eigenvalue weighted by Gasteiger charge is -2.09. The molecular formula is C13H15BrN2. The zero-order valence-electron chi connectivity index (χ0n) is 9.33. The van der Waals surface area contributed by atoms with E-state index in [1.54, 1.807) is 0 Å². The molecule has 1 aromatic carbocycles. The van der Waals surface area contributed by atoms with Crippen molar-refractivity contribution in [1.82, 2.24) is 9.88 Å². The summed E-state index contributed by atoms with van der Waals surface area (Å²) in [6, 6.07) is 6.83. The lowest BCUT2D eigenvalue weighted by Crippen LogP contribution is -2.07. The molecule has 16 heavy (non-hydrogen) atoms. The average Bonchev–Trinajstić information content (AvgIpc) is 2.88. The SMILES string of the molecule is Cn1cc(Br)c2ccc(C3CCNC3)cc21. The van der Waals surface area contributed by atoms with Crippen LogP contribution in [0.4, 0.5) is 0 Å². The van der Waals surface area contributed by atoms with Gasteiger partial charge < -0.3 is 9.88 Å². The molecule has 1 N–H and O–H groups in total. The third kappa shape index (κ3) is 1.59. The number of hydrogen-bond donors (Lipinski definition) is 1. The van der Waals surface area contributed by atoms with Crippen LogP contribution >= 0.6 is 15.9 Å². The molecular weight excluding hydrogens is 264 g/mol. The van der Waals surface area contributed by atoms with E-state index >= 15 is 0 Å². The number of benzene rings is 1. The molecule has 0 aliphatic carbocycles. The molecule has 1 unspecified atom stereocenters. The van der Waals surface area contributed by atoms with Crippen LogP contribution in [0, 0.1) is 0 Å². The summed E-state index contributed by atoms with van der Waals surface area (Å²) in [4.78, 5) is 0. The van der Waals surface area contributed by atoms with Crippen LogP contribution in [0.1, 0.15) is 17.9 Å². The first kappa shape index (κ1) is 10.4. The first-order valence-corrected chi connectivity index (χ1v) is 6.50. The molecule has 1 aliphatic heterocycles. The molecule has 2 heterocycles. The summed E-state index contributed by atoms with van der Waals surface area (Å²) < 4.78 is 3.37. The molecule has 0 bridgehead atoms. The number of fused-ring (bicyclic) bond motifs is 1. The number of hydrogen-bond acceptors (Lipinski definition) is 1. The minimum atomic E-state index is 0.693. The van der Waals surface area contributed by atoms with Crippen molar-refractivity contribution in [2.45, 2.75) is 12.3 Å². The van der Waals surface area contributed by atoms with Gasteiger partial charge in [0.1, 0.15) is 0 Å². The van der Waals surface area contributed by atoms with Gasteiger partial charge in [0, 0.05) is 35.2 Å². The highest BCUT2D eigenvalue weighted by Gasteiger charge is 2.17. The van der Waals surface area contributed by atoms with Gasteiger partial charge in [-0.15, -0.1) is 0 Å². The number of halogens is 1. The van der Waals surface area contributed by atoms with E-state index < -0.39 is 0 Å². The second-order valence-corrected chi connectivity index (χ2v) is 5.41. The smallest absolute Gasteiger partial charge is 0.0492 e. The van der Waals surface area contributed by atoms with Crippen molar-refractivity contribution >= 4 is 26.8 Å². The van der Waals surface area contributed by atoms with Crippen LogP contribution < -0.4 is 5.32 Å². The van der Waals surface area contributed by atoms with E-state index in [-0.39, 0.29) is 0 Å². The normalized spacial score (nSPS) is 20.8. The molecule has 0 spiro atoms. The molecule has 1 fully saturated rings. The number of aromatic nitrogens is 1. The van der Waals surface area contributed by atoms with Gasteiger partial charge in [-0.05, 0) is 46.4 Å². The highest BCUT2D eigenvalue weighted by molar-refractivity contribution is 9.10. The number of nitrogens with one attached hydrogen (secondary N) is 1. The van der Waals surface area contributed by atoms with E-state index in [1.165, 1.54) is 27.4 Å². The predicted molar refractivity (Wildman–Crippen MR) is 70.8 cm³/mol. The van der Waals surface area contributed by atoms with Crippen molar-refractivity contribution in [3.8, 4) is 0 Å². The maximum atomic E-state index is 3.59. The van der Waals surface area contributed by atoms with Gasteiger partial charge in [-0.25, -0.2) is 0 Å². The molecule has 1 aliphatic rings. The van der Waals surface area contributed by atoms with Crippen molar-refractivity contribution in [1.29, 1.82) is 0 Å². The maximum absolute atomic E-state index is 3.59. The second kappa shape index (κ2) is 3.90. The maximum Gasteiger partial charge on any atom is 0.0492 e. The van der Waals surface area contributed by atoms with E-state index in [1.807, 2.05) is 0 Å². The van der Waals surface area contributed by atoms with E-state index in [0.717, 1.165) is 13.1 Å². The lowest BCUT2D eigenvalue weighted by atomic mass is 9.97. The van der Waals surface area contributed by atoms with Gasteiger partial charge in [-0.1, -0.05) is 12.1 Å². The molecule has 0 amide bonds. The Hall–Kier alpha value is -0.800. The Morgan fingerprint density at radius 2 is 2.31 bits per heavy atom. The summed E-state index contributed by atoms with van der Waals surface area (Å²) in [7, 11) is 2.10. The Bertz CT molecular complexity index is 524. The molecule has 1 aromatic heterocycles. The van der Waals surface area contributed by atoms with E-state index in [2.05, 4.69) is 57.3 Å². The second-order valence-electron chi connectivity index (χ2n) is 4.55. The third-order valence-corrected chi connectivity index (χ3v) is 4.13. The fraction of sp³-hybridized carbons (Fsp3) is 0.385. The molecule has 3 heteroatoms. The van der Waals surface area contributed by atoms with Gasteiger partial charge in [-0.2, -0.15) is 0 Å². The molecule has 3 rings (SSSR count). The quantitative estimate of drug-likeness (QED) is 0.849. The van der Waals surface area contributed by atoms with Crippen molar-refractivity contribution in [3.63, 3.8) is 0 Å². The Morgan fingerprint density at radius 3 is 3.06 bits per heavy atom. The molecule has 0 saturated carbocycles. The Balaban J connectivity index is 2.11. The Kier molecular flexibility index (Phi) is 2.52. The predicted octanol–water partition coefficient (Wildman–Crippen LogP) is 3.02. The zero-order valence-corrected chi connectivity index (χ0v) is 10.9.